The highest BCUT2D eigenvalue weighted by atomic mass is 35.5. The zero-order valence-corrected chi connectivity index (χ0v) is 15.5. The molecule has 25 heavy (non-hydrogen) atoms. The summed E-state index contributed by atoms with van der Waals surface area (Å²) >= 11 is 6.13. The largest absolute Gasteiger partial charge is 0.381 e. The topological polar surface area (TPSA) is 58.6 Å². The summed E-state index contributed by atoms with van der Waals surface area (Å²) < 4.78 is 5.28. The second-order valence-corrected chi connectivity index (χ2v) is 7.52. The molecule has 3 rings (SSSR count). The Morgan fingerprint density at radius 3 is 2.56 bits per heavy atom. The number of hydrogen-bond acceptors (Lipinski definition) is 3. The molecule has 5 nitrogen and oxygen atoms in total. The molecule has 2 saturated heterocycles. The fourth-order valence-electron chi connectivity index (χ4n) is 3.74. The van der Waals surface area contributed by atoms with Gasteiger partial charge in [0, 0.05) is 23.7 Å². The van der Waals surface area contributed by atoms with Crippen molar-refractivity contribution in [3.05, 3.63) is 28.8 Å². The van der Waals surface area contributed by atoms with E-state index in [2.05, 4.69) is 19.2 Å². The van der Waals surface area contributed by atoms with Crippen LogP contribution in [0.2, 0.25) is 5.02 Å². The first-order chi connectivity index (χ1) is 12.0. The number of nitrogens with zero attached hydrogens (tertiary/aromatic N) is 1. The lowest BCUT2D eigenvalue weighted by molar-refractivity contribution is -0.119. The van der Waals surface area contributed by atoms with Crippen molar-refractivity contribution in [2.24, 2.45) is 5.92 Å². The minimum absolute atomic E-state index is 0.0693. The van der Waals surface area contributed by atoms with Gasteiger partial charge in [0.15, 0.2) is 0 Å². The van der Waals surface area contributed by atoms with Gasteiger partial charge >= 0.3 is 0 Å². The lowest BCUT2D eigenvalue weighted by Gasteiger charge is -2.39. The molecule has 0 aromatic heterocycles. The number of anilines is 1. The van der Waals surface area contributed by atoms with Gasteiger partial charge in [-0.25, -0.2) is 0 Å². The lowest BCUT2D eigenvalue weighted by Crippen LogP contribution is -2.47. The van der Waals surface area contributed by atoms with E-state index in [1.54, 1.807) is 18.2 Å². The van der Waals surface area contributed by atoms with E-state index in [1.165, 1.54) is 0 Å². The van der Waals surface area contributed by atoms with Crippen molar-refractivity contribution in [1.29, 1.82) is 0 Å². The Morgan fingerprint density at radius 1 is 1.20 bits per heavy atom. The Balaban J connectivity index is 1.85. The molecule has 0 spiro atoms. The number of carbonyl (C=O) groups excluding carboxylic acids is 2. The van der Waals surface area contributed by atoms with Crippen LogP contribution in [-0.2, 0) is 9.53 Å². The van der Waals surface area contributed by atoms with Crippen molar-refractivity contribution in [3.8, 4) is 0 Å². The first kappa shape index (κ1) is 18.2. The second kappa shape index (κ2) is 7.75. The van der Waals surface area contributed by atoms with Gasteiger partial charge in [0.2, 0.25) is 5.91 Å². The Kier molecular flexibility index (Phi) is 5.64. The molecule has 0 saturated carbocycles. The zero-order chi connectivity index (χ0) is 18.0. The molecule has 6 heteroatoms. The summed E-state index contributed by atoms with van der Waals surface area (Å²) in [6, 6.07) is 5.42. The van der Waals surface area contributed by atoms with Gasteiger partial charge in [-0.05, 0) is 57.7 Å². The number of likely N-dealkylation sites (tertiary alicyclic amines) is 1. The first-order valence-corrected chi connectivity index (χ1v) is 9.36. The Bertz CT molecular complexity index is 648. The minimum Gasteiger partial charge on any atom is -0.381 e. The van der Waals surface area contributed by atoms with Crippen molar-refractivity contribution < 1.29 is 14.3 Å². The Hall–Kier alpha value is -1.59. The van der Waals surface area contributed by atoms with E-state index in [0.717, 1.165) is 19.3 Å². The fourth-order valence-corrected chi connectivity index (χ4v) is 3.91. The summed E-state index contributed by atoms with van der Waals surface area (Å²) in [5.74, 6) is -0.333. The molecule has 0 aliphatic carbocycles. The third-order valence-electron chi connectivity index (χ3n) is 5.20. The molecule has 0 radical (unpaired) electrons. The van der Waals surface area contributed by atoms with E-state index in [1.807, 2.05) is 4.90 Å². The van der Waals surface area contributed by atoms with Crippen LogP contribution in [-0.4, -0.2) is 42.0 Å². The van der Waals surface area contributed by atoms with Crippen LogP contribution < -0.4 is 5.32 Å². The van der Waals surface area contributed by atoms with Crippen molar-refractivity contribution in [3.63, 3.8) is 0 Å². The molecule has 1 aromatic rings. The summed E-state index contributed by atoms with van der Waals surface area (Å²) in [5.41, 5.74) is 0.983. The summed E-state index contributed by atoms with van der Waals surface area (Å²) in [7, 11) is 0. The number of amides is 2. The number of carbonyl (C=O) groups is 2. The minimum atomic E-state index is -0.161. The van der Waals surface area contributed by atoms with Crippen molar-refractivity contribution in [1.82, 2.24) is 4.90 Å². The maximum absolute atomic E-state index is 13.2. The average Bonchev–Trinajstić information content (AvgIpc) is 3.11. The second-order valence-electron chi connectivity index (χ2n) is 7.08. The monoisotopic (exact) mass is 364 g/mol. The van der Waals surface area contributed by atoms with Crippen LogP contribution in [0.1, 0.15) is 49.9 Å². The predicted molar refractivity (Wildman–Crippen MR) is 98.0 cm³/mol. The average molecular weight is 365 g/mol. The van der Waals surface area contributed by atoms with Crippen LogP contribution in [0.4, 0.5) is 5.69 Å². The van der Waals surface area contributed by atoms with Gasteiger partial charge in [-0.1, -0.05) is 11.6 Å². The number of halogens is 1. The van der Waals surface area contributed by atoms with Gasteiger partial charge in [0.1, 0.15) is 0 Å². The van der Waals surface area contributed by atoms with Gasteiger partial charge in [-0.15, -0.1) is 0 Å². The lowest BCUT2D eigenvalue weighted by atomic mass is 9.96. The molecule has 136 valence electrons. The molecular weight excluding hydrogens is 340 g/mol. The number of hydrogen-bond donors (Lipinski definition) is 1. The van der Waals surface area contributed by atoms with E-state index in [4.69, 9.17) is 16.3 Å². The highest BCUT2D eigenvalue weighted by Crippen LogP contribution is 2.29. The van der Waals surface area contributed by atoms with E-state index in [-0.39, 0.29) is 29.8 Å². The third-order valence-corrected chi connectivity index (χ3v) is 5.43. The molecule has 3 atom stereocenters. The third kappa shape index (κ3) is 3.98. The summed E-state index contributed by atoms with van der Waals surface area (Å²) in [6.07, 6.45) is 3.84. The molecule has 3 unspecified atom stereocenters. The first-order valence-electron chi connectivity index (χ1n) is 8.98. The molecule has 2 fully saturated rings. The summed E-state index contributed by atoms with van der Waals surface area (Å²) in [5, 5.41) is 3.39. The van der Waals surface area contributed by atoms with Crippen LogP contribution in [0, 0.1) is 5.92 Å². The molecule has 2 aliphatic rings. The zero-order valence-electron chi connectivity index (χ0n) is 14.8. The smallest absolute Gasteiger partial charge is 0.256 e. The molecule has 2 amide bonds. The maximum Gasteiger partial charge on any atom is 0.256 e. The van der Waals surface area contributed by atoms with Gasteiger partial charge in [0.25, 0.3) is 5.91 Å². The Morgan fingerprint density at radius 2 is 1.92 bits per heavy atom. The summed E-state index contributed by atoms with van der Waals surface area (Å²) in [6.45, 7) is 5.19. The fraction of sp³-hybridized carbons (Fsp3) is 0.579. The van der Waals surface area contributed by atoms with Crippen LogP contribution in [0.5, 0.6) is 0 Å². The van der Waals surface area contributed by atoms with E-state index in [9.17, 15) is 9.59 Å². The maximum atomic E-state index is 13.2. The number of rotatable bonds is 3. The SMILES string of the molecule is CC1CCCC(C)N1C(=O)c1cc(Cl)ccc1NC(=O)C1CCOC1. The molecule has 1 N–H and O–H groups in total. The molecule has 1 aromatic carbocycles. The van der Waals surface area contributed by atoms with Crippen LogP contribution in [0.25, 0.3) is 0 Å². The van der Waals surface area contributed by atoms with E-state index in [0.29, 0.717) is 35.9 Å². The van der Waals surface area contributed by atoms with E-state index >= 15 is 0 Å². The van der Waals surface area contributed by atoms with Crippen molar-refractivity contribution in [2.75, 3.05) is 18.5 Å². The number of piperidine rings is 1. The molecular formula is C19H25ClN2O3. The van der Waals surface area contributed by atoms with Crippen LogP contribution in [0.15, 0.2) is 18.2 Å². The normalized spacial score (nSPS) is 26.5. The highest BCUT2D eigenvalue weighted by molar-refractivity contribution is 6.31. The molecule has 2 heterocycles. The number of benzene rings is 1. The van der Waals surface area contributed by atoms with Crippen LogP contribution in [0.3, 0.4) is 0 Å². The van der Waals surface area contributed by atoms with Gasteiger partial charge in [-0.2, -0.15) is 0 Å². The Labute approximate surface area is 153 Å². The molecule has 2 aliphatic heterocycles. The van der Waals surface area contributed by atoms with Gasteiger partial charge < -0.3 is 15.0 Å². The van der Waals surface area contributed by atoms with Crippen molar-refractivity contribution >= 4 is 29.1 Å². The van der Waals surface area contributed by atoms with Crippen LogP contribution >= 0.6 is 11.6 Å². The molecule has 0 bridgehead atoms. The number of ether oxygens (including phenoxy) is 1. The summed E-state index contributed by atoms with van der Waals surface area (Å²) in [4.78, 5) is 27.5. The van der Waals surface area contributed by atoms with Gasteiger partial charge in [-0.3, -0.25) is 9.59 Å². The van der Waals surface area contributed by atoms with Gasteiger partial charge in [0.05, 0.1) is 23.8 Å². The van der Waals surface area contributed by atoms with E-state index < -0.39 is 0 Å². The standard InChI is InChI=1S/C19H25ClN2O3/c1-12-4-3-5-13(2)22(12)19(24)16-10-15(20)6-7-17(16)21-18(23)14-8-9-25-11-14/h6-7,10,12-14H,3-5,8-9,11H2,1-2H3,(H,21,23). The highest BCUT2D eigenvalue weighted by Gasteiger charge is 2.32. The quantitative estimate of drug-likeness (QED) is 0.889. The van der Waals surface area contributed by atoms with Crippen molar-refractivity contribution in [2.45, 2.75) is 51.6 Å². The number of nitrogens with one attached hydrogen (secondary N) is 1. The predicted octanol–water partition coefficient (Wildman–Crippen LogP) is 3.72.